The van der Waals surface area contributed by atoms with Gasteiger partial charge in [0.1, 0.15) is 6.04 Å². The van der Waals surface area contributed by atoms with Gasteiger partial charge in [-0.1, -0.05) is 58.1 Å². The van der Waals surface area contributed by atoms with Gasteiger partial charge in [-0.05, 0) is 38.8 Å². The first-order valence-electron chi connectivity index (χ1n) is 9.43. The lowest BCUT2D eigenvalue weighted by molar-refractivity contribution is -0.144. The van der Waals surface area contributed by atoms with Gasteiger partial charge in [-0.15, -0.1) is 0 Å². The van der Waals surface area contributed by atoms with Crippen LogP contribution in [0.4, 0.5) is 0 Å². The largest absolute Gasteiger partial charge is 0.480 e. The summed E-state index contributed by atoms with van der Waals surface area (Å²) in [6.45, 7) is 6.04. The molecule has 4 heteroatoms. The predicted octanol–water partition coefficient (Wildman–Crippen LogP) is 3.84. The molecule has 0 saturated carbocycles. The zero-order valence-corrected chi connectivity index (χ0v) is 14.9. The van der Waals surface area contributed by atoms with Gasteiger partial charge in [-0.2, -0.15) is 0 Å². The molecular weight excluding hydrogens is 290 g/mol. The Morgan fingerprint density at radius 3 is 2.26 bits per heavy atom. The third-order valence-electron chi connectivity index (χ3n) is 4.77. The third kappa shape index (κ3) is 7.49. The van der Waals surface area contributed by atoms with Gasteiger partial charge in [0.05, 0.1) is 6.10 Å². The van der Waals surface area contributed by atoms with E-state index in [2.05, 4.69) is 18.7 Å². The van der Waals surface area contributed by atoms with Crippen LogP contribution in [0.15, 0.2) is 12.2 Å². The van der Waals surface area contributed by atoms with E-state index >= 15 is 0 Å². The normalized spacial score (nSPS) is 20.0. The van der Waals surface area contributed by atoms with Crippen molar-refractivity contribution in [1.82, 2.24) is 4.90 Å². The van der Waals surface area contributed by atoms with Crippen molar-refractivity contribution in [2.24, 2.45) is 5.92 Å². The first-order valence-corrected chi connectivity index (χ1v) is 9.43. The van der Waals surface area contributed by atoms with Crippen molar-refractivity contribution >= 4 is 5.97 Å². The number of carboxylic acids is 1. The number of carbonyl (C=O) groups is 1. The van der Waals surface area contributed by atoms with Crippen LogP contribution in [0.1, 0.15) is 71.6 Å². The van der Waals surface area contributed by atoms with Crippen LogP contribution in [0.5, 0.6) is 0 Å². The number of rotatable bonds is 12. The number of aliphatic carboxylic acids is 1. The SMILES string of the molecule is CCCCCC(O)C=CC(CCCC)C(C(=O)O)N1CCCC1. The molecule has 0 aromatic rings. The van der Waals surface area contributed by atoms with E-state index in [-0.39, 0.29) is 5.92 Å². The minimum Gasteiger partial charge on any atom is -0.480 e. The lowest BCUT2D eigenvalue weighted by Crippen LogP contribution is -2.44. The van der Waals surface area contributed by atoms with Gasteiger partial charge in [0, 0.05) is 5.92 Å². The molecule has 1 fully saturated rings. The van der Waals surface area contributed by atoms with Crippen molar-refractivity contribution in [2.45, 2.75) is 83.8 Å². The zero-order chi connectivity index (χ0) is 17.1. The smallest absolute Gasteiger partial charge is 0.321 e. The molecule has 4 nitrogen and oxygen atoms in total. The summed E-state index contributed by atoms with van der Waals surface area (Å²) in [6.07, 6.45) is 12.6. The summed E-state index contributed by atoms with van der Waals surface area (Å²) in [6, 6.07) is -0.442. The Kier molecular flexibility index (Phi) is 10.2. The Morgan fingerprint density at radius 1 is 1.04 bits per heavy atom. The van der Waals surface area contributed by atoms with E-state index in [1.807, 2.05) is 12.2 Å². The van der Waals surface area contributed by atoms with E-state index in [4.69, 9.17) is 0 Å². The molecule has 0 spiro atoms. The molecule has 3 unspecified atom stereocenters. The topological polar surface area (TPSA) is 60.8 Å². The average molecular weight is 325 g/mol. The van der Waals surface area contributed by atoms with Crippen molar-refractivity contribution in [3.05, 3.63) is 12.2 Å². The number of hydrogen-bond acceptors (Lipinski definition) is 3. The lowest BCUT2D eigenvalue weighted by Gasteiger charge is -2.29. The van der Waals surface area contributed by atoms with Crippen LogP contribution in [-0.4, -0.2) is 46.3 Å². The Hall–Kier alpha value is -0.870. The first-order chi connectivity index (χ1) is 11.1. The van der Waals surface area contributed by atoms with Crippen molar-refractivity contribution < 1.29 is 15.0 Å². The van der Waals surface area contributed by atoms with E-state index in [9.17, 15) is 15.0 Å². The Labute approximate surface area is 141 Å². The molecule has 2 N–H and O–H groups in total. The quantitative estimate of drug-likeness (QED) is 0.423. The average Bonchev–Trinajstić information content (AvgIpc) is 3.03. The number of carboxylic acid groups (broad SMARTS) is 1. The van der Waals surface area contributed by atoms with E-state index < -0.39 is 18.1 Å². The maximum Gasteiger partial charge on any atom is 0.321 e. The molecule has 134 valence electrons. The summed E-state index contributed by atoms with van der Waals surface area (Å²) < 4.78 is 0. The molecule has 0 aliphatic carbocycles. The zero-order valence-electron chi connectivity index (χ0n) is 14.9. The number of unbranched alkanes of at least 4 members (excludes halogenated alkanes) is 3. The molecule has 0 radical (unpaired) electrons. The fraction of sp³-hybridized carbons (Fsp3) is 0.842. The molecule has 1 aliphatic rings. The minimum atomic E-state index is -0.724. The number of likely N-dealkylation sites (tertiary alicyclic amines) is 1. The van der Waals surface area contributed by atoms with Gasteiger partial charge in [-0.3, -0.25) is 9.69 Å². The molecule has 0 amide bonds. The standard InChI is InChI=1S/C19H35NO3/c1-3-5-7-11-17(21)13-12-16(10-6-4-2)18(19(22)23)20-14-8-9-15-20/h12-13,16-18,21H,3-11,14-15H2,1-2H3,(H,22,23). The number of hydrogen-bond donors (Lipinski definition) is 2. The maximum absolute atomic E-state index is 11.8. The highest BCUT2D eigenvalue weighted by atomic mass is 16.4. The fourth-order valence-electron chi connectivity index (χ4n) is 3.40. The highest BCUT2D eigenvalue weighted by molar-refractivity contribution is 5.74. The van der Waals surface area contributed by atoms with Crippen LogP contribution < -0.4 is 0 Å². The fourth-order valence-corrected chi connectivity index (χ4v) is 3.40. The summed E-state index contributed by atoms with van der Waals surface area (Å²) in [5.41, 5.74) is 0. The predicted molar refractivity (Wildman–Crippen MR) is 94.5 cm³/mol. The highest BCUT2D eigenvalue weighted by Crippen LogP contribution is 2.24. The van der Waals surface area contributed by atoms with Crippen LogP contribution in [0, 0.1) is 5.92 Å². The second kappa shape index (κ2) is 11.6. The van der Waals surface area contributed by atoms with Gasteiger partial charge in [0.15, 0.2) is 0 Å². The van der Waals surface area contributed by atoms with Gasteiger partial charge in [0.25, 0.3) is 0 Å². The van der Waals surface area contributed by atoms with Gasteiger partial charge in [-0.25, -0.2) is 0 Å². The molecule has 23 heavy (non-hydrogen) atoms. The summed E-state index contributed by atoms with van der Waals surface area (Å²) in [4.78, 5) is 13.9. The Bertz CT molecular complexity index is 351. The summed E-state index contributed by atoms with van der Waals surface area (Å²) >= 11 is 0. The Balaban J connectivity index is 2.69. The summed E-state index contributed by atoms with van der Waals surface area (Å²) in [5.74, 6) is -0.732. The lowest BCUT2D eigenvalue weighted by atomic mass is 9.91. The molecule has 0 aromatic heterocycles. The van der Waals surface area contributed by atoms with Gasteiger partial charge in [0.2, 0.25) is 0 Å². The summed E-state index contributed by atoms with van der Waals surface area (Å²) in [7, 11) is 0. The molecule has 1 aliphatic heterocycles. The molecule has 1 heterocycles. The van der Waals surface area contributed by atoms with Crippen LogP contribution in [0.2, 0.25) is 0 Å². The number of aliphatic hydroxyl groups excluding tert-OH is 1. The number of aliphatic hydroxyl groups is 1. The number of nitrogens with zero attached hydrogens (tertiary/aromatic N) is 1. The van der Waals surface area contributed by atoms with Crippen LogP contribution >= 0.6 is 0 Å². The van der Waals surface area contributed by atoms with Crippen molar-refractivity contribution in [3.63, 3.8) is 0 Å². The van der Waals surface area contributed by atoms with Crippen molar-refractivity contribution in [3.8, 4) is 0 Å². The molecule has 0 aromatic carbocycles. The van der Waals surface area contributed by atoms with E-state index in [1.54, 1.807) is 0 Å². The second-order valence-electron chi connectivity index (χ2n) is 6.78. The highest BCUT2D eigenvalue weighted by Gasteiger charge is 2.33. The molecule has 1 saturated heterocycles. The maximum atomic E-state index is 11.8. The monoisotopic (exact) mass is 325 g/mol. The van der Waals surface area contributed by atoms with Crippen LogP contribution in [0.3, 0.4) is 0 Å². The first kappa shape index (κ1) is 20.2. The second-order valence-corrected chi connectivity index (χ2v) is 6.78. The van der Waals surface area contributed by atoms with Crippen molar-refractivity contribution in [1.29, 1.82) is 0 Å². The molecular formula is C19H35NO3. The molecule has 3 atom stereocenters. The van der Waals surface area contributed by atoms with Gasteiger partial charge >= 0.3 is 5.97 Å². The van der Waals surface area contributed by atoms with E-state index in [0.29, 0.717) is 0 Å². The van der Waals surface area contributed by atoms with Gasteiger partial charge < -0.3 is 10.2 Å². The molecule has 1 rings (SSSR count). The van der Waals surface area contributed by atoms with E-state index in [0.717, 1.165) is 70.9 Å². The minimum absolute atomic E-state index is 0.00799. The van der Waals surface area contributed by atoms with Crippen LogP contribution in [0.25, 0.3) is 0 Å². The van der Waals surface area contributed by atoms with E-state index in [1.165, 1.54) is 0 Å². The Morgan fingerprint density at radius 2 is 1.70 bits per heavy atom. The van der Waals surface area contributed by atoms with Crippen molar-refractivity contribution in [2.75, 3.05) is 13.1 Å². The summed E-state index contributed by atoms with van der Waals surface area (Å²) in [5, 5.41) is 19.8. The van der Waals surface area contributed by atoms with Crippen LogP contribution in [-0.2, 0) is 4.79 Å². The molecule has 0 bridgehead atoms. The third-order valence-corrected chi connectivity index (χ3v) is 4.77.